The summed E-state index contributed by atoms with van der Waals surface area (Å²) in [6.07, 6.45) is 0.911. The van der Waals surface area contributed by atoms with Gasteiger partial charge in [0.05, 0.1) is 11.4 Å². The lowest BCUT2D eigenvalue weighted by Crippen LogP contribution is -2.27. The summed E-state index contributed by atoms with van der Waals surface area (Å²) in [6, 6.07) is 16.5. The molecule has 0 radical (unpaired) electrons. The summed E-state index contributed by atoms with van der Waals surface area (Å²) >= 11 is 0. The number of nitrogens with one attached hydrogen (secondary N) is 1. The Hall–Kier alpha value is -3.81. The Morgan fingerprint density at radius 2 is 1.68 bits per heavy atom. The van der Waals surface area contributed by atoms with Crippen molar-refractivity contribution < 1.29 is 19.1 Å². The van der Waals surface area contributed by atoms with Crippen LogP contribution in [0.15, 0.2) is 59.4 Å². The lowest BCUT2D eigenvalue weighted by atomic mass is 10.2. The molecule has 1 heterocycles. The first kappa shape index (κ1) is 21.9. The summed E-state index contributed by atoms with van der Waals surface area (Å²) in [7, 11) is 1.73. The van der Waals surface area contributed by atoms with Crippen LogP contribution in [0.2, 0.25) is 0 Å². The van der Waals surface area contributed by atoms with Gasteiger partial charge < -0.3 is 14.8 Å². The predicted molar refractivity (Wildman–Crippen MR) is 117 cm³/mol. The normalized spacial score (nSPS) is 10.5. The van der Waals surface area contributed by atoms with Crippen LogP contribution in [0.3, 0.4) is 0 Å². The van der Waals surface area contributed by atoms with Gasteiger partial charge in [0.1, 0.15) is 11.4 Å². The van der Waals surface area contributed by atoms with Gasteiger partial charge >= 0.3 is 5.97 Å². The molecule has 8 heteroatoms. The highest BCUT2D eigenvalue weighted by Gasteiger charge is 2.18. The number of anilines is 1. The Balaban J connectivity index is 1.56. The minimum atomic E-state index is -0.679. The van der Waals surface area contributed by atoms with Crippen molar-refractivity contribution in [1.82, 2.24) is 9.36 Å². The molecule has 0 fully saturated rings. The Labute approximate surface area is 180 Å². The third-order valence-electron chi connectivity index (χ3n) is 4.87. The summed E-state index contributed by atoms with van der Waals surface area (Å²) in [5, 5.41) is 2.54. The quantitative estimate of drug-likeness (QED) is 0.563. The molecule has 3 aromatic rings. The molecule has 1 aromatic heterocycles. The molecule has 0 saturated heterocycles. The molecule has 0 bridgehead atoms. The largest absolute Gasteiger partial charge is 0.482 e. The molecule has 0 spiro atoms. The van der Waals surface area contributed by atoms with Gasteiger partial charge in [0.2, 0.25) is 0 Å². The van der Waals surface area contributed by atoms with Gasteiger partial charge in [-0.25, -0.2) is 9.48 Å². The Kier molecular flexibility index (Phi) is 6.92. The van der Waals surface area contributed by atoms with Crippen molar-refractivity contribution in [3.05, 3.63) is 76.2 Å². The van der Waals surface area contributed by atoms with Crippen LogP contribution in [0.1, 0.15) is 18.2 Å². The average molecular weight is 423 g/mol. The molecule has 0 atom stereocenters. The number of amides is 1. The van der Waals surface area contributed by atoms with Crippen LogP contribution >= 0.6 is 0 Å². The first-order valence-corrected chi connectivity index (χ1v) is 9.92. The summed E-state index contributed by atoms with van der Waals surface area (Å²) in [6.45, 7) is 2.94. The molecule has 0 aliphatic heterocycles. The van der Waals surface area contributed by atoms with E-state index in [4.69, 9.17) is 9.47 Å². The SMILES string of the molecule is CCc1ccc(OCC(=O)OCC(=O)Nc2c(C)n(C)n(-c3ccccc3)c2=O)cc1. The molecule has 3 rings (SSSR count). The van der Waals surface area contributed by atoms with Gasteiger partial charge in [0, 0.05) is 7.05 Å². The van der Waals surface area contributed by atoms with Crippen molar-refractivity contribution in [3.8, 4) is 11.4 Å². The van der Waals surface area contributed by atoms with Crippen molar-refractivity contribution in [1.29, 1.82) is 0 Å². The zero-order chi connectivity index (χ0) is 22.4. The van der Waals surface area contributed by atoms with E-state index < -0.39 is 18.5 Å². The number of aromatic nitrogens is 2. The van der Waals surface area contributed by atoms with Crippen LogP contribution in [0, 0.1) is 6.92 Å². The fourth-order valence-corrected chi connectivity index (χ4v) is 3.04. The molecular formula is C23H25N3O5. The van der Waals surface area contributed by atoms with Gasteiger partial charge in [-0.05, 0) is 43.2 Å². The third-order valence-corrected chi connectivity index (χ3v) is 4.87. The van der Waals surface area contributed by atoms with E-state index in [1.165, 1.54) is 4.68 Å². The third kappa shape index (κ3) is 5.22. The van der Waals surface area contributed by atoms with Crippen LogP contribution in [0.25, 0.3) is 5.69 Å². The fraction of sp³-hybridized carbons (Fsp3) is 0.261. The standard InChI is InChI=1S/C23H25N3O5/c1-4-17-10-12-19(13-11-17)30-15-21(28)31-14-20(27)24-22-16(2)25(3)26(23(22)29)18-8-6-5-7-9-18/h5-13H,4,14-15H2,1-3H3,(H,24,27). The summed E-state index contributed by atoms with van der Waals surface area (Å²) in [5.74, 6) is -0.743. The molecule has 0 unspecified atom stereocenters. The van der Waals surface area contributed by atoms with E-state index in [2.05, 4.69) is 5.32 Å². The minimum Gasteiger partial charge on any atom is -0.482 e. The first-order chi connectivity index (χ1) is 14.9. The smallest absolute Gasteiger partial charge is 0.344 e. The lowest BCUT2D eigenvalue weighted by Gasteiger charge is -2.08. The molecule has 0 aliphatic carbocycles. The molecule has 8 nitrogen and oxygen atoms in total. The number of para-hydroxylation sites is 1. The van der Waals surface area contributed by atoms with Crippen molar-refractivity contribution >= 4 is 17.6 Å². The second-order valence-corrected chi connectivity index (χ2v) is 6.93. The fourth-order valence-electron chi connectivity index (χ4n) is 3.04. The number of rotatable bonds is 8. The number of hydrogen-bond acceptors (Lipinski definition) is 5. The lowest BCUT2D eigenvalue weighted by molar-refractivity contribution is -0.149. The number of nitrogens with zero attached hydrogens (tertiary/aromatic N) is 2. The van der Waals surface area contributed by atoms with Gasteiger partial charge in [-0.2, -0.15) is 0 Å². The number of esters is 1. The monoisotopic (exact) mass is 423 g/mol. The van der Waals surface area contributed by atoms with Crippen LogP contribution in [-0.4, -0.2) is 34.5 Å². The number of aryl methyl sites for hydroxylation is 1. The predicted octanol–water partition coefficient (Wildman–Crippen LogP) is 2.61. The summed E-state index contributed by atoms with van der Waals surface area (Å²) < 4.78 is 13.4. The zero-order valence-electron chi connectivity index (χ0n) is 17.8. The number of carbonyl (C=O) groups is 2. The zero-order valence-corrected chi connectivity index (χ0v) is 17.8. The van der Waals surface area contributed by atoms with Crippen molar-refractivity contribution in [2.24, 2.45) is 7.05 Å². The second kappa shape index (κ2) is 9.80. The molecule has 162 valence electrons. The summed E-state index contributed by atoms with van der Waals surface area (Å²) in [4.78, 5) is 36.9. The van der Waals surface area contributed by atoms with Crippen molar-refractivity contribution in [3.63, 3.8) is 0 Å². The van der Waals surface area contributed by atoms with E-state index in [9.17, 15) is 14.4 Å². The number of benzene rings is 2. The molecule has 0 aliphatic rings. The Morgan fingerprint density at radius 1 is 1.00 bits per heavy atom. The summed E-state index contributed by atoms with van der Waals surface area (Å²) in [5.41, 5.74) is 2.18. The maximum absolute atomic E-state index is 12.8. The van der Waals surface area contributed by atoms with Gasteiger partial charge in [0.15, 0.2) is 13.2 Å². The number of carbonyl (C=O) groups excluding carboxylic acids is 2. The second-order valence-electron chi connectivity index (χ2n) is 6.93. The van der Waals surface area contributed by atoms with Gasteiger partial charge in [-0.15, -0.1) is 0 Å². The van der Waals surface area contributed by atoms with Crippen LogP contribution in [-0.2, 0) is 27.8 Å². The molecule has 1 amide bonds. The number of hydrogen-bond donors (Lipinski definition) is 1. The van der Waals surface area contributed by atoms with Gasteiger partial charge in [-0.1, -0.05) is 37.3 Å². The number of ether oxygens (including phenoxy) is 2. The Bertz CT molecular complexity index is 1110. The van der Waals surface area contributed by atoms with Crippen LogP contribution in [0.5, 0.6) is 5.75 Å². The minimum absolute atomic E-state index is 0.139. The molecule has 2 aromatic carbocycles. The molecule has 0 saturated carbocycles. The highest BCUT2D eigenvalue weighted by Crippen LogP contribution is 2.14. The highest BCUT2D eigenvalue weighted by atomic mass is 16.6. The van der Waals surface area contributed by atoms with E-state index in [1.54, 1.807) is 42.9 Å². The average Bonchev–Trinajstić information content (AvgIpc) is 3.00. The van der Waals surface area contributed by atoms with E-state index in [0.717, 1.165) is 12.0 Å². The first-order valence-electron chi connectivity index (χ1n) is 9.92. The Morgan fingerprint density at radius 3 is 2.32 bits per heavy atom. The van der Waals surface area contributed by atoms with Crippen LogP contribution in [0.4, 0.5) is 5.69 Å². The van der Waals surface area contributed by atoms with E-state index in [0.29, 0.717) is 17.1 Å². The van der Waals surface area contributed by atoms with Crippen molar-refractivity contribution in [2.75, 3.05) is 18.5 Å². The van der Waals surface area contributed by atoms with Gasteiger partial charge in [0.25, 0.3) is 11.5 Å². The maximum atomic E-state index is 12.8. The van der Waals surface area contributed by atoms with E-state index in [1.807, 2.05) is 37.3 Å². The van der Waals surface area contributed by atoms with Crippen molar-refractivity contribution in [2.45, 2.75) is 20.3 Å². The molecular weight excluding hydrogens is 398 g/mol. The highest BCUT2D eigenvalue weighted by molar-refractivity contribution is 5.93. The van der Waals surface area contributed by atoms with E-state index in [-0.39, 0.29) is 17.9 Å². The molecule has 31 heavy (non-hydrogen) atoms. The topological polar surface area (TPSA) is 91.6 Å². The maximum Gasteiger partial charge on any atom is 0.344 e. The molecule has 1 N–H and O–H groups in total. The van der Waals surface area contributed by atoms with E-state index >= 15 is 0 Å². The van der Waals surface area contributed by atoms with Gasteiger partial charge in [-0.3, -0.25) is 14.3 Å². The van der Waals surface area contributed by atoms with Crippen LogP contribution < -0.4 is 15.6 Å².